The number of hydrogen-bond donors (Lipinski definition) is 3. The van der Waals surface area contributed by atoms with E-state index in [1.165, 1.54) is 5.69 Å². The Hall–Kier alpha value is -2.87. The number of hydrogen-bond acceptors (Lipinski definition) is 5. The number of ether oxygens (including phenoxy) is 1. The number of fused-ring (bicyclic) bond motifs is 2. The molecule has 1 atom stereocenters. The van der Waals surface area contributed by atoms with E-state index in [2.05, 4.69) is 20.6 Å². The number of amides is 2. The Morgan fingerprint density at radius 1 is 1.24 bits per heavy atom. The summed E-state index contributed by atoms with van der Waals surface area (Å²) in [4.78, 5) is 34.9. The highest BCUT2D eigenvalue weighted by Crippen LogP contribution is 2.35. The average molecular weight is 397 g/mol. The summed E-state index contributed by atoms with van der Waals surface area (Å²) in [5, 5.41) is 6.44. The summed E-state index contributed by atoms with van der Waals surface area (Å²) in [6.45, 7) is 3.93. The van der Waals surface area contributed by atoms with Gasteiger partial charge in [0.05, 0.1) is 24.7 Å². The van der Waals surface area contributed by atoms with Gasteiger partial charge in [0.15, 0.2) is 0 Å². The third-order valence-corrected chi connectivity index (χ3v) is 6.01. The van der Waals surface area contributed by atoms with Gasteiger partial charge in [-0.2, -0.15) is 0 Å². The molecule has 2 aliphatic heterocycles. The minimum Gasteiger partial charge on any atom is -0.497 e. The molecular weight excluding hydrogens is 370 g/mol. The topological polar surface area (TPSA) is 99.4 Å². The molecule has 0 bridgehead atoms. The van der Waals surface area contributed by atoms with Crippen LogP contribution in [0.3, 0.4) is 0 Å². The smallest absolute Gasteiger partial charge is 0.251 e. The van der Waals surface area contributed by atoms with Gasteiger partial charge in [-0.15, -0.1) is 0 Å². The molecule has 3 N–H and O–H groups in total. The van der Waals surface area contributed by atoms with E-state index >= 15 is 0 Å². The predicted molar refractivity (Wildman–Crippen MR) is 108 cm³/mol. The van der Waals surface area contributed by atoms with Crippen LogP contribution in [0.5, 0.6) is 5.75 Å². The molecule has 154 valence electrons. The first-order valence-corrected chi connectivity index (χ1v) is 10.0. The first kappa shape index (κ1) is 19.4. The summed E-state index contributed by atoms with van der Waals surface area (Å²) in [5.41, 5.74) is 2.64. The number of methoxy groups -OCH3 is 1. The number of piperidine rings is 1. The number of imidazole rings is 1. The summed E-state index contributed by atoms with van der Waals surface area (Å²) in [6, 6.07) is 6.25. The molecule has 29 heavy (non-hydrogen) atoms. The Balaban J connectivity index is 1.35. The van der Waals surface area contributed by atoms with Crippen molar-refractivity contribution in [3.8, 4) is 5.75 Å². The SMILES string of the molecule is COc1ccc(C(=O)N[C@H](C)C(=O)N2CCC3(CC2)NCCc2[nH]cnc23)cc1. The Bertz CT molecular complexity index is 884. The molecule has 1 spiro atoms. The Morgan fingerprint density at radius 2 is 1.97 bits per heavy atom. The van der Waals surface area contributed by atoms with Crippen molar-refractivity contribution in [3.63, 3.8) is 0 Å². The van der Waals surface area contributed by atoms with Crippen LogP contribution in [0.1, 0.15) is 41.5 Å². The molecule has 1 aromatic carbocycles. The number of nitrogens with one attached hydrogen (secondary N) is 3. The summed E-state index contributed by atoms with van der Waals surface area (Å²) in [6.07, 6.45) is 4.34. The summed E-state index contributed by atoms with van der Waals surface area (Å²) >= 11 is 0. The maximum Gasteiger partial charge on any atom is 0.251 e. The molecule has 1 aromatic heterocycles. The second kappa shape index (κ2) is 7.87. The van der Waals surface area contributed by atoms with E-state index in [1.54, 1.807) is 44.6 Å². The lowest BCUT2D eigenvalue weighted by Gasteiger charge is -2.44. The van der Waals surface area contributed by atoms with Gasteiger partial charge in [-0.1, -0.05) is 0 Å². The molecule has 0 aliphatic carbocycles. The van der Waals surface area contributed by atoms with E-state index in [-0.39, 0.29) is 17.4 Å². The lowest BCUT2D eigenvalue weighted by atomic mass is 9.80. The quantitative estimate of drug-likeness (QED) is 0.720. The van der Waals surface area contributed by atoms with E-state index in [0.29, 0.717) is 24.4 Å². The molecule has 2 aromatic rings. The van der Waals surface area contributed by atoms with Crippen molar-refractivity contribution >= 4 is 11.8 Å². The molecule has 0 saturated carbocycles. The summed E-state index contributed by atoms with van der Waals surface area (Å²) < 4.78 is 5.11. The van der Waals surface area contributed by atoms with Gasteiger partial charge in [0, 0.05) is 37.3 Å². The monoisotopic (exact) mass is 397 g/mol. The van der Waals surface area contributed by atoms with Crippen LogP contribution in [0.25, 0.3) is 0 Å². The van der Waals surface area contributed by atoms with Crippen molar-refractivity contribution in [2.75, 3.05) is 26.7 Å². The fraction of sp³-hybridized carbons (Fsp3) is 0.476. The van der Waals surface area contributed by atoms with E-state index in [0.717, 1.165) is 31.5 Å². The van der Waals surface area contributed by atoms with Crippen LogP contribution >= 0.6 is 0 Å². The molecule has 4 rings (SSSR count). The van der Waals surface area contributed by atoms with E-state index < -0.39 is 6.04 Å². The van der Waals surface area contributed by atoms with Crippen LogP contribution in [-0.2, 0) is 16.8 Å². The Labute approximate surface area is 170 Å². The molecule has 0 unspecified atom stereocenters. The van der Waals surface area contributed by atoms with Gasteiger partial charge >= 0.3 is 0 Å². The molecule has 3 heterocycles. The minimum absolute atomic E-state index is 0.0558. The van der Waals surface area contributed by atoms with Crippen LogP contribution in [-0.4, -0.2) is 59.5 Å². The molecule has 2 aliphatic rings. The normalized spacial score (nSPS) is 18.8. The van der Waals surface area contributed by atoms with Gasteiger partial charge in [-0.3, -0.25) is 9.59 Å². The number of benzene rings is 1. The highest BCUT2D eigenvalue weighted by atomic mass is 16.5. The number of carbonyl (C=O) groups is 2. The predicted octanol–water partition coefficient (Wildman–Crippen LogP) is 1.20. The van der Waals surface area contributed by atoms with Crippen LogP contribution in [0, 0.1) is 0 Å². The first-order valence-electron chi connectivity index (χ1n) is 10.0. The highest BCUT2D eigenvalue weighted by molar-refractivity contribution is 5.97. The second-order valence-corrected chi connectivity index (χ2v) is 7.74. The van der Waals surface area contributed by atoms with Crippen molar-refractivity contribution in [2.45, 2.75) is 37.8 Å². The number of nitrogens with zero attached hydrogens (tertiary/aromatic N) is 2. The fourth-order valence-corrected chi connectivity index (χ4v) is 4.31. The molecule has 8 nitrogen and oxygen atoms in total. The minimum atomic E-state index is -0.584. The van der Waals surface area contributed by atoms with E-state index in [1.807, 2.05) is 4.90 Å². The zero-order valence-corrected chi connectivity index (χ0v) is 16.8. The standard InChI is InChI=1S/C21H27N5O3/c1-14(25-19(27)15-3-5-16(29-2)6-4-15)20(28)26-11-8-21(9-12-26)18-17(7-10-24-21)22-13-23-18/h3-6,13-14,24H,7-12H2,1-2H3,(H,22,23)(H,25,27)/t14-/m1/s1. The molecule has 1 fully saturated rings. The molecule has 0 radical (unpaired) electrons. The van der Waals surface area contributed by atoms with Crippen molar-refractivity contribution in [2.24, 2.45) is 0 Å². The van der Waals surface area contributed by atoms with Crippen LogP contribution in [0.15, 0.2) is 30.6 Å². The number of carbonyl (C=O) groups excluding carboxylic acids is 2. The zero-order valence-electron chi connectivity index (χ0n) is 16.8. The highest BCUT2D eigenvalue weighted by Gasteiger charge is 2.42. The van der Waals surface area contributed by atoms with Crippen molar-refractivity contribution in [1.82, 2.24) is 25.5 Å². The number of aromatic nitrogens is 2. The second-order valence-electron chi connectivity index (χ2n) is 7.74. The number of aromatic amines is 1. The lowest BCUT2D eigenvalue weighted by molar-refractivity contribution is -0.134. The fourth-order valence-electron chi connectivity index (χ4n) is 4.31. The van der Waals surface area contributed by atoms with Crippen molar-refractivity contribution < 1.29 is 14.3 Å². The molecule has 2 amide bonds. The van der Waals surface area contributed by atoms with Gasteiger partial charge in [0.1, 0.15) is 11.8 Å². The molecular formula is C21H27N5O3. The van der Waals surface area contributed by atoms with Gasteiger partial charge in [-0.05, 0) is 44.0 Å². The third-order valence-electron chi connectivity index (χ3n) is 6.01. The average Bonchev–Trinajstić information content (AvgIpc) is 3.24. The van der Waals surface area contributed by atoms with Crippen LogP contribution < -0.4 is 15.4 Å². The van der Waals surface area contributed by atoms with Crippen LogP contribution in [0.4, 0.5) is 0 Å². The van der Waals surface area contributed by atoms with Gasteiger partial charge < -0.3 is 25.3 Å². The summed E-state index contributed by atoms with van der Waals surface area (Å²) in [7, 11) is 1.58. The van der Waals surface area contributed by atoms with Crippen molar-refractivity contribution in [3.05, 3.63) is 47.5 Å². The number of H-pyrrole nitrogens is 1. The number of likely N-dealkylation sites (tertiary alicyclic amines) is 1. The molecule has 1 saturated heterocycles. The number of rotatable bonds is 4. The first-order chi connectivity index (χ1) is 14.0. The third kappa shape index (κ3) is 3.72. The van der Waals surface area contributed by atoms with Gasteiger partial charge in [0.25, 0.3) is 5.91 Å². The largest absolute Gasteiger partial charge is 0.497 e. The maximum atomic E-state index is 12.9. The Kier molecular flexibility index (Phi) is 5.27. The van der Waals surface area contributed by atoms with E-state index in [4.69, 9.17) is 4.74 Å². The molecule has 8 heteroatoms. The van der Waals surface area contributed by atoms with Gasteiger partial charge in [-0.25, -0.2) is 4.98 Å². The summed E-state index contributed by atoms with van der Waals surface area (Å²) in [5.74, 6) is 0.362. The maximum absolute atomic E-state index is 12.9. The Morgan fingerprint density at radius 3 is 2.66 bits per heavy atom. The van der Waals surface area contributed by atoms with E-state index in [9.17, 15) is 9.59 Å². The lowest BCUT2D eigenvalue weighted by Crippen LogP contribution is -2.57. The van der Waals surface area contributed by atoms with Crippen molar-refractivity contribution in [1.29, 1.82) is 0 Å². The van der Waals surface area contributed by atoms with Crippen LogP contribution in [0.2, 0.25) is 0 Å². The zero-order chi connectivity index (χ0) is 20.4. The van der Waals surface area contributed by atoms with Gasteiger partial charge in [0.2, 0.25) is 5.91 Å².